The number of H-pyrrole nitrogens is 2. The summed E-state index contributed by atoms with van der Waals surface area (Å²) in [7, 11) is 1.59. The monoisotopic (exact) mass is 382 g/mol. The van der Waals surface area contributed by atoms with E-state index in [1.165, 1.54) is 0 Å². The molecule has 2 heterocycles. The summed E-state index contributed by atoms with van der Waals surface area (Å²) < 4.78 is 5.12. The first-order chi connectivity index (χ1) is 13.3. The van der Waals surface area contributed by atoms with Gasteiger partial charge in [0, 0.05) is 16.7 Å². The largest absolute Gasteiger partial charge is 0.497 e. The summed E-state index contributed by atoms with van der Waals surface area (Å²) in [5.41, 5.74) is 7.17. The Morgan fingerprint density at radius 3 is 2.25 bits per heavy atom. The smallest absolute Gasteiger partial charge is 0.290 e. The minimum atomic E-state index is -0.521. The van der Waals surface area contributed by atoms with E-state index < -0.39 is 11.8 Å². The van der Waals surface area contributed by atoms with Gasteiger partial charge >= 0.3 is 0 Å². The molecule has 0 bridgehead atoms. The maximum atomic E-state index is 12.2. The maximum Gasteiger partial charge on any atom is 0.290 e. The molecule has 2 aromatic heterocycles. The average Bonchev–Trinajstić information content (AvgIpc) is 3.35. The molecule has 0 radical (unpaired) electrons. The summed E-state index contributed by atoms with van der Waals surface area (Å²) in [6.45, 7) is 6.01. The fourth-order valence-corrected chi connectivity index (χ4v) is 2.41. The maximum absolute atomic E-state index is 12.2. The topological polar surface area (TPSA) is 125 Å². The molecule has 9 nitrogen and oxygen atoms in total. The number of methoxy groups -OCH3 is 1. The first-order valence-corrected chi connectivity index (χ1v) is 8.64. The Morgan fingerprint density at radius 2 is 1.64 bits per heavy atom. The summed E-state index contributed by atoms with van der Waals surface area (Å²) >= 11 is 0. The number of nitrogens with one attached hydrogen (secondary N) is 4. The van der Waals surface area contributed by atoms with E-state index in [4.69, 9.17) is 4.74 Å². The van der Waals surface area contributed by atoms with Crippen molar-refractivity contribution in [2.24, 2.45) is 0 Å². The predicted molar refractivity (Wildman–Crippen MR) is 103 cm³/mol. The van der Waals surface area contributed by atoms with Gasteiger partial charge in [0.25, 0.3) is 11.8 Å². The van der Waals surface area contributed by atoms with E-state index in [0.717, 1.165) is 17.0 Å². The van der Waals surface area contributed by atoms with Gasteiger partial charge in [-0.25, -0.2) is 0 Å². The van der Waals surface area contributed by atoms with E-state index in [1.54, 1.807) is 31.4 Å². The number of nitrogens with zero attached hydrogens (tertiary/aromatic N) is 2. The van der Waals surface area contributed by atoms with Crippen molar-refractivity contribution in [3.05, 3.63) is 53.5 Å². The number of hydrogen-bond donors (Lipinski definition) is 4. The van der Waals surface area contributed by atoms with Crippen molar-refractivity contribution in [1.29, 1.82) is 0 Å². The number of rotatable bonds is 4. The third kappa shape index (κ3) is 4.20. The first-order valence-electron chi connectivity index (χ1n) is 8.64. The molecular weight excluding hydrogens is 360 g/mol. The number of hydrogen-bond acceptors (Lipinski definition) is 5. The number of carbonyl (C=O) groups excluding carboxylic acids is 2. The second-order valence-electron chi connectivity index (χ2n) is 7.22. The average molecular weight is 382 g/mol. The number of carbonyl (C=O) groups is 2. The fraction of sp³-hybridized carbons (Fsp3) is 0.263. The number of amides is 2. The van der Waals surface area contributed by atoms with Crippen molar-refractivity contribution in [2.45, 2.75) is 26.2 Å². The molecule has 0 aliphatic carbocycles. The summed E-state index contributed by atoms with van der Waals surface area (Å²) in [4.78, 5) is 24.4. The van der Waals surface area contributed by atoms with Crippen LogP contribution in [0.2, 0.25) is 0 Å². The van der Waals surface area contributed by atoms with Gasteiger partial charge in [-0.1, -0.05) is 20.8 Å². The van der Waals surface area contributed by atoms with E-state index in [1.807, 2.05) is 32.9 Å². The van der Waals surface area contributed by atoms with Gasteiger partial charge in [0.05, 0.1) is 12.8 Å². The van der Waals surface area contributed by atoms with Crippen molar-refractivity contribution < 1.29 is 14.3 Å². The molecule has 0 fully saturated rings. The molecule has 0 aliphatic heterocycles. The van der Waals surface area contributed by atoms with Crippen LogP contribution in [0.25, 0.3) is 11.3 Å². The second-order valence-corrected chi connectivity index (χ2v) is 7.22. The molecule has 146 valence electrons. The van der Waals surface area contributed by atoms with Crippen LogP contribution in [0.15, 0.2) is 36.4 Å². The molecular formula is C19H22N6O3. The van der Waals surface area contributed by atoms with Crippen molar-refractivity contribution in [3.63, 3.8) is 0 Å². The Hall–Kier alpha value is -3.62. The highest BCUT2D eigenvalue weighted by molar-refractivity contribution is 5.97. The molecule has 4 N–H and O–H groups in total. The Balaban J connectivity index is 1.61. The standard InChI is InChI=1S/C19H22N6O3/c1-19(2,3)16-10-15(22-23-16)18(27)25-24-17(26)14-9-13(20-21-14)11-5-7-12(28-4)8-6-11/h5-10H,1-4H3,(H,20,21)(H,22,23)(H,24,26)(H,25,27). The molecule has 3 aromatic rings. The normalized spacial score (nSPS) is 11.1. The lowest BCUT2D eigenvalue weighted by Gasteiger charge is -2.14. The predicted octanol–water partition coefficient (Wildman–Crippen LogP) is 2.18. The minimum absolute atomic E-state index is 0.164. The molecule has 0 aliphatic rings. The molecule has 0 atom stereocenters. The molecule has 0 saturated heterocycles. The van der Waals surface area contributed by atoms with Crippen LogP contribution in [0, 0.1) is 0 Å². The zero-order chi connectivity index (χ0) is 20.3. The van der Waals surface area contributed by atoms with Gasteiger partial charge in [-0.2, -0.15) is 10.2 Å². The van der Waals surface area contributed by atoms with Gasteiger partial charge in [-0.15, -0.1) is 0 Å². The van der Waals surface area contributed by atoms with Crippen LogP contribution in [-0.4, -0.2) is 39.3 Å². The van der Waals surface area contributed by atoms with Crippen LogP contribution in [-0.2, 0) is 5.41 Å². The van der Waals surface area contributed by atoms with E-state index in [9.17, 15) is 9.59 Å². The lowest BCUT2D eigenvalue weighted by Crippen LogP contribution is -2.41. The number of benzene rings is 1. The molecule has 0 unspecified atom stereocenters. The van der Waals surface area contributed by atoms with Gasteiger partial charge in [0.15, 0.2) is 5.69 Å². The van der Waals surface area contributed by atoms with E-state index >= 15 is 0 Å². The Bertz CT molecular complexity index is 982. The highest BCUT2D eigenvalue weighted by Gasteiger charge is 2.20. The van der Waals surface area contributed by atoms with Crippen LogP contribution in [0.1, 0.15) is 47.4 Å². The molecule has 0 saturated carbocycles. The van der Waals surface area contributed by atoms with Gasteiger partial charge in [-0.3, -0.25) is 30.6 Å². The Labute approximate surface area is 161 Å². The summed E-state index contributed by atoms with van der Waals surface area (Å²) in [5, 5.41) is 13.6. The van der Waals surface area contributed by atoms with Crippen LogP contribution < -0.4 is 15.6 Å². The molecule has 9 heteroatoms. The third-order valence-corrected chi connectivity index (χ3v) is 4.12. The summed E-state index contributed by atoms with van der Waals surface area (Å²) in [5.74, 6) is -0.310. The van der Waals surface area contributed by atoms with Crippen molar-refractivity contribution in [3.8, 4) is 17.0 Å². The van der Waals surface area contributed by atoms with E-state index in [0.29, 0.717) is 5.69 Å². The Morgan fingerprint density at radius 1 is 0.964 bits per heavy atom. The summed E-state index contributed by atoms with van der Waals surface area (Å²) in [6.07, 6.45) is 0. The van der Waals surface area contributed by atoms with E-state index in [-0.39, 0.29) is 16.8 Å². The highest BCUT2D eigenvalue weighted by Crippen LogP contribution is 2.21. The van der Waals surface area contributed by atoms with Crippen molar-refractivity contribution in [1.82, 2.24) is 31.2 Å². The van der Waals surface area contributed by atoms with Crippen LogP contribution in [0.4, 0.5) is 0 Å². The lowest BCUT2D eigenvalue weighted by molar-refractivity contribution is 0.0841. The van der Waals surface area contributed by atoms with Gasteiger partial charge in [0.2, 0.25) is 0 Å². The van der Waals surface area contributed by atoms with Crippen LogP contribution in [0.5, 0.6) is 5.75 Å². The zero-order valence-corrected chi connectivity index (χ0v) is 16.1. The van der Waals surface area contributed by atoms with E-state index in [2.05, 4.69) is 31.2 Å². The number of aromatic nitrogens is 4. The van der Waals surface area contributed by atoms with Crippen LogP contribution >= 0.6 is 0 Å². The van der Waals surface area contributed by atoms with Gasteiger partial charge in [-0.05, 0) is 36.4 Å². The molecule has 0 spiro atoms. The third-order valence-electron chi connectivity index (χ3n) is 4.12. The number of ether oxygens (including phenoxy) is 1. The van der Waals surface area contributed by atoms with Gasteiger partial charge < -0.3 is 4.74 Å². The zero-order valence-electron chi connectivity index (χ0n) is 16.1. The van der Waals surface area contributed by atoms with Crippen molar-refractivity contribution in [2.75, 3.05) is 7.11 Å². The molecule has 1 aromatic carbocycles. The van der Waals surface area contributed by atoms with Crippen molar-refractivity contribution >= 4 is 11.8 Å². The fourth-order valence-electron chi connectivity index (χ4n) is 2.41. The minimum Gasteiger partial charge on any atom is -0.497 e. The number of hydrazine groups is 1. The van der Waals surface area contributed by atoms with Gasteiger partial charge in [0.1, 0.15) is 11.4 Å². The molecule has 2 amide bonds. The Kier molecular flexibility index (Phi) is 5.16. The first kappa shape index (κ1) is 19.2. The highest BCUT2D eigenvalue weighted by atomic mass is 16.5. The SMILES string of the molecule is COc1ccc(-c2cc(C(=O)NNC(=O)c3cc(C(C)(C)C)[nH]n3)[nH]n2)cc1. The lowest BCUT2D eigenvalue weighted by atomic mass is 9.92. The second kappa shape index (κ2) is 7.55. The quantitative estimate of drug-likeness (QED) is 0.515. The molecule has 28 heavy (non-hydrogen) atoms. The number of aromatic amines is 2. The molecule has 3 rings (SSSR count). The summed E-state index contributed by atoms with van der Waals surface area (Å²) in [6, 6.07) is 10.5. The van der Waals surface area contributed by atoms with Crippen LogP contribution in [0.3, 0.4) is 0 Å².